The summed E-state index contributed by atoms with van der Waals surface area (Å²) in [5, 5.41) is 0.285. The number of halogens is 1. The molecule has 3 aliphatic rings. The first-order valence-corrected chi connectivity index (χ1v) is 10.5. The van der Waals surface area contributed by atoms with Crippen LogP contribution in [0.1, 0.15) is 12.8 Å². The van der Waals surface area contributed by atoms with Crippen molar-refractivity contribution in [3.05, 3.63) is 35.4 Å². The van der Waals surface area contributed by atoms with Gasteiger partial charge in [-0.2, -0.15) is 4.31 Å². The van der Waals surface area contributed by atoms with Gasteiger partial charge in [0.2, 0.25) is 21.8 Å². The van der Waals surface area contributed by atoms with Crippen LogP contribution in [0.25, 0.3) is 0 Å². The third-order valence-corrected chi connectivity index (χ3v) is 7.57. The SMILES string of the molecule is COc1ccc(Cl)cc1S(=O)(=O)N1CC(N2C(=O)C3CC=CCC3C2=O)C1. The average molecular weight is 411 g/mol. The summed E-state index contributed by atoms with van der Waals surface area (Å²) in [4.78, 5) is 26.5. The van der Waals surface area contributed by atoms with E-state index in [2.05, 4.69) is 0 Å². The predicted molar refractivity (Wildman–Crippen MR) is 97.8 cm³/mol. The standard InChI is InChI=1S/C18H19ClN2O5S/c1-26-15-7-6-11(19)8-16(15)27(24,25)20-9-12(10-20)21-17(22)13-4-2-3-5-14(13)18(21)23/h2-3,6-8,12-14H,4-5,9-10H2,1H3. The number of hydrogen-bond donors (Lipinski definition) is 0. The second-order valence-corrected chi connectivity index (χ2v) is 9.32. The van der Waals surface area contributed by atoms with Crippen molar-refractivity contribution in [3.8, 4) is 5.75 Å². The largest absolute Gasteiger partial charge is 0.495 e. The van der Waals surface area contributed by atoms with Gasteiger partial charge in [-0.1, -0.05) is 23.8 Å². The van der Waals surface area contributed by atoms with Gasteiger partial charge >= 0.3 is 0 Å². The Bertz CT molecular complexity index is 913. The highest BCUT2D eigenvalue weighted by atomic mass is 35.5. The summed E-state index contributed by atoms with van der Waals surface area (Å²) in [6.07, 6.45) is 5.00. The molecule has 0 aromatic heterocycles. The van der Waals surface area contributed by atoms with E-state index in [4.69, 9.17) is 16.3 Å². The lowest BCUT2D eigenvalue weighted by Crippen LogP contribution is -2.62. The summed E-state index contributed by atoms with van der Waals surface area (Å²) in [5.41, 5.74) is 0. The molecule has 2 aliphatic heterocycles. The molecule has 0 N–H and O–H groups in total. The van der Waals surface area contributed by atoms with E-state index in [1.165, 1.54) is 28.4 Å². The van der Waals surface area contributed by atoms with Gasteiger partial charge in [-0.3, -0.25) is 14.5 Å². The Kier molecular flexibility index (Phi) is 4.52. The number of ether oxygens (including phenoxy) is 1. The molecule has 2 fully saturated rings. The minimum Gasteiger partial charge on any atom is -0.495 e. The van der Waals surface area contributed by atoms with Crippen molar-refractivity contribution in [1.29, 1.82) is 0 Å². The van der Waals surface area contributed by atoms with Crippen LogP contribution in [-0.4, -0.2) is 55.7 Å². The number of fused-ring (bicyclic) bond motifs is 1. The Morgan fingerprint density at radius 2 is 1.67 bits per heavy atom. The molecule has 2 saturated heterocycles. The molecule has 1 aromatic rings. The Morgan fingerprint density at radius 3 is 2.22 bits per heavy atom. The first kappa shape index (κ1) is 18.5. The molecular weight excluding hydrogens is 392 g/mol. The molecule has 144 valence electrons. The fraction of sp³-hybridized carbons (Fsp3) is 0.444. The molecule has 2 unspecified atom stereocenters. The van der Waals surface area contributed by atoms with Crippen LogP contribution in [0.2, 0.25) is 5.02 Å². The second-order valence-electron chi connectivity index (χ2n) is 6.97. The lowest BCUT2D eigenvalue weighted by Gasteiger charge is -2.42. The number of benzene rings is 1. The average Bonchev–Trinajstić information content (AvgIpc) is 2.86. The maximum absolute atomic E-state index is 12.9. The molecule has 4 rings (SSSR count). The molecule has 27 heavy (non-hydrogen) atoms. The van der Waals surface area contributed by atoms with Crippen molar-refractivity contribution in [1.82, 2.24) is 9.21 Å². The van der Waals surface area contributed by atoms with E-state index in [0.29, 0.717) is 12.8 Å². The van der Waals surface area contributed by atoms with Crippen molar-refractivity contribution in [3.63, 3.8) is 0 Å². The summed E-state index contributed by atoms with van der Waals surface area (Å²) in [6.45, 7) is 0.171. The van der Waals surface area contributed by atoms with Gasteiger partial charge in [0.05, 0.1) is 25.0 Å². The van der Waals surface area contributed by atoms with E-state index in [9.17, 15) is 18.0 Å². The molecule has 7 nitrogen and oxygen atoms in total. The number of imide groups is 1. The van der Waals surface area contributed by atoms with Crippen molar-refractivity contribution >= 4 is 33.4 Å². The number of methoxy groups -OCH3 is 1. The zero-order valence-electron chi connectivity index (χ0n) is 14.7. The van der Waals surface area contributed by atoms with Crippen LogP contribution in [0, 0.1) is 11.8 Å². The van der Waals surface area contributed by atoms with Crippen LogP contribution in [0.4, 0.5) is 0 Å². The topological polar surface area (TPSA) is 84.0 Å². The smallest absolute Gasteiger partial charge is 0.246 e. The van der Waals surface area contributed by atoms with Crippen LogP contribution >= 0.6 is 11.6 Å². The Morgan fingerprint density at radius 1 is 1.07 bits per heavy atom. The predicted octanol–water partition coefficient (Wildman–Crippen LogP) is 1.67. The van der Waals surface area contributed by atoms with Crippen LogP contribution < -0.4 is 4.74 Å². The van der Waals surface area contributed by atoms with Gasteiger partial charge in [-0.25, -0.2) is 8.42 Å². The Balaban J connectivity index is 1.52. The van der Waals surface area contributed by atoms with Crippen LogP contribution in [-0.2, 0) is 19.6 Å². The summed E-state index contributed by atoms with van der Waals surface area (Å²) < 4.78 is 32.2. The van der Waals surface area contributed by atoms with E-state index in [0.717, 1.165) is 0 Å². The van der Waals surface area contributed by atoms with Crippen LogP contribution in [0.15, 0.2) is 35.2 Å². The molecule has 2 heterocycles. The van der Waals surface area contributed by atoms with E-state index in [-0.39, 0.29) is 52.4 Å². The maximum atomic E-state index is 12.9. The second kappa shape index (κ2) is 6.61. The van der Waals surface area contributed by atoms with Gasteiger partial charge in [-0.05, 0) is 31.0 Å². The molecule has 0 bridgehead atoms. The van der Waals surface area contributed by atoms with Gasteiger partial charge in [0.15, 0.2) is 0 Å². The van der Waals surface area contributed by atoms with Gasteiger partial charge in [0.1, 0.15) is 10.6 Å². The molecule has 9 heteroatoms. The number of sulfonamides is 1. The minimum atomic E-state index is -3.83. The highest BCUT2D eigenvalue weighted by molar-refractivity contribution is 7.89. The summed E-state index contributed by atoms with van der Waals surface area (Å²) in [5.74, 6) is -0.774. The summed E-state index contributed by atoms with van der Waals surface area (Å²) >= 11 is 5.94. The number of amides is 2. The number of nitrogens with zero attached hydrogens (tertiary/aromatic N) is 2. The summed E-state index contributed by atoms with van der Waals surface area (Å²) in [6, 6.07) is 3.97. The van der Waals surface area contributed by atoms with Crippen molar-refractivity contribution in [2.75, 3.05) is 20.2 Å². The fourth-order valence-corrected chi connectivity index (χ4v) is 5.89. The Hall–Kier alpha value is -1.90. The van der Waals surface area contributed by atoms with E-state index in [1.54, 1.807) is 6.07 Å². The van der Waals surface area contributed by atoms with Crippen LogP contribution in [0.5, 0.6) is 5.75 Å². The summed E-state index contributed by atoms with van der Waals surface area (Å²) in [7, 11) is -2.44. The quantitative estimate of drug-likeness (QED) is 0.557. The molecule has 0 radical (unpaired) electrons. The minimum absolute atomic E-state index is 0.0205. The van der Waals surface area contributed by atoms with Crippen LogP contribution in [0.3, 0.4) is 0 Å². The molecule has 2 amide bonds. The zero-order chi connectivity index (χ0) is 19.3. The maximum Gasteiger partial charge on any atom is 0.246 e. The molecule has 1 aromatic carbocycles. The lowest BCUT2D eigenvalue weighted by atomic mass is 9.85. The van der Waals surface area contributed by atoms with Gasteiger partial charge in [-0.15, -0.1) is 0 Å². The number of allylic oxidation sites excluding steroid dienone is 2. The highest BCUT2D eigenvalue weighted by Gasteiger charge is 2.53. The fourth-order valence-electron chi connectivity index (χ4n) is 3.95. The first-order valence-electron chi connectivity index (χ1n) is 8.70. The van der Waals surface area contributed by atoms with Crippen molar-refractivity contribution < 1.29 is 22.7 Å². The van der Waals surface area contributed by atoms with E-state index < -0.39 is 16.1 Å². The lowest BCUT2D eigenvalue weighted by molar-refractivity contribution is -0.145. The molecule has 0 saturated carbocycles. The van der Waals surface area contributed by atoms with E-state index >= 15 is 0 Å². The molecule has 1 aliphatic carbocycles. The number of rotatable bonds is 4. The highest BCUT2D eigenvalue weighted by Crippen LogP contribution is 2.39. The normalized spacial score (nSPS) is 26.2. The zero-order valence-corrected chi connectivity index (χ0v) is 16.2. The Labute approximate surface area is 162 Å². The number of likely N-dealkylation sites (tertiary alicyclic amines) is 1. The first-order chi connectivity index (χ1) is 12.8. The molecular formula is C18H19ClN2O5S. The third-order valence-electron chi connectivity index (χ3n) is 5.48. The number of carbonyl (C=O) groups is 2. The third kappa shape index (κ3) is 2.86. The van der Waals surface area contributed by atoms with E-state index in [1.807, 2.05) is 12.2 Å². The monoisotopic (exact) mass is 410 g/mol. The van der Waals surface area contributed by atoms with Gasteiger partial charge < -0.3 is 4.74 Å². The van der Waals surface area contributed by atoms with Crippen molar-refractivity contribution in [2.24, 2.45) is 11.8 Å². The molecule has 0 spiro atoms. The molecule has 2 atom stereocenters. The van der Waals surface area contributed by atoms with Gasteiger partial charge in [0, 0.05) is 18.1 Å². The van der Waals surface area contributed by atoms with Crippen molar-refractivity contribution in [2.45, 2.75) is 23.8 Å². The van der Waals surface area contributed by atoms with Gasteiger partial charge in [0.25, 0.3) is 0 Å². The number of carbonyl (C=O) groups excluding carboxylic acids is 2. The number of hydrogen-bond acceptors (Lipinski definition) is 5.